The average molecular weight is 287 g/mol. The Labute approximate surface area is 93.4 Å². The van der Waals surface area contributed by atoms with E-state index in [0.29, 0.717) is 10.9 Å². The fourth-order valence-electron chi connectivity index (χ4n) is 1.05. The number of hydrogen-bond donors (Lipinski definition) is 0. The van der Waals surface area contributed by atoms with Crippen LogP contribution in [0, 0.1) is 0 Å². The van der Waals surface area contributed by atoms with Gasteiger partial charge in [0.15, 0.2) is 5.69 Å². The standard InChI is InChI=1S/C8H7BrClF2NO/c1-14-7-4(3-9)2-5(10)13-6(7)8(11)12/h2,8H,3H2,1H3. The Morgan fingerprint density at radius 3 is 2.71 bits per heavy atom. The first-order chi connectivity index (χ1) is 6.60. The van der Waals surface area contributed by atoms with Crippen LogP contribution < -0.4 is 4.74 Å². The lowest BCUT2D eigenvalue weighted by atomic mass is 10.2. The largest absolute Gasteiger partial charge is 0.494 e. The van der Waals surface area contributed by atoms with Crippen LogP contribution in [0.4, 0.5) is 8.78 Å². The van der Waals surface area contributed by atoms with E-state index in [1.54, 1.807) is 0 Å². The van der Waals surface area contributed by atoms with Crippen LogP contribution in [0.2, 0.25) is 5.15 Å². The maximum absolute atomic E-state index is 12.5. The molecule has 0 saturated heterocycles. The fraction of sp³-hybridized carbons (Fsp3) is 0.375. The smallest absolute Gasteiger partial charge is 0.284 e. The molecule has 1 heterocycles. The number of rotatable bonds is 3. The van der Waals surface area contributed by atoms with E-state index in [2.05, 4.69) is 20.9 Å². The number of pyridine rings is 1. The van der Waals surface area contributed by atoms with Gasteiger partial charge in [-0.25, -0.2) is 13.8 Å². The molecule has 0 bridgehead atoms. The first kappa shape index (κ1) is 11.7. The van der Waals surface area contributed by atoms with Crippen molar-refractivity contribution in [2.45, 2.75) is 11.8 Å². The summed E-state index contributed by atoms with van der Waals surface area (Å²) in [6.45, 7) is 0. The van der Waals surface area contributed by atoms with Crippen molar-refractivity contribution < 1.29 is 13.5 Å². The zero-order chi connectivity index (χ0) is 10.7. The molecule has 0 radical (unpaired) electrons. The Kier molecular flexibility index (Phi) is 4.07. The molecule has 78 valence electrons. The van der Waals surface area contributed by atoms with Crippen molar-refractivity contribution in [3.8, 4) is 5.75 Å². The molecule has 0 N–H and O–H groups in total. The Hall–Kier alpha value is -0.420. The van der Waals surface area contributed by atoms with Gasteiger partial charge in [-0.05, 0) is 6.07 Å². The van der Waals surface area contributed by atoms with Gasteiger partial charge in [-0.2, -0.15) is 0 Å². The first-order valence-electron chi connectivity index (χ1n) is 3.67. The third-order valence-corrected chi connectivity index (χ3v) is 2.40. The summed E-state index contributed by atoms with van der Waals surface area (Å²) < 4.78 is 29.8. The van der Waals surface area contributed by atoms with Crippen LogP contribution in [0.3, 0.4) is 0 Å². The second-order valence-corrected chi connectivity index (χ2v) is 3.40. The lowest BCUT2D eigenvalue weighted by molar-refractivity contribution is 0.141. The summed E-state index contributed by atoms with van der Waals surface area (Å²) in [5.41, 5.74) is 0.136. The lowest BCUT2D eigenvalue weighted by Crippen LogP contribution is -2.00. The van der Waals surface area contributed by atoms with Gasteiger partial charge in [0.1, 0.15) is 10.9 Å². The second-order valence-electron chi connectivity index (χ2n) is 2.46. The van der Waals surface area contributed by atoms with Gasteiger partial charge in [0, 0.05) is 10.9 Å². The van der Waals surface area contributed by atoms with Gasteiger partial charge in [0.05, 0.1) is 7.11 Å². The maximum atomic E-state index is 12.5. The van der Waals surface area contributed by atoms with Crippen molar-refractivity contribution in [1.82, 2.24) is 4.98 Å². The SMILES string of the molecule is COc1c(CBr)cc(Cl)nc1C(F)F. The number of aromatic nitrogens is 1. The highest BCUT2D eigenvalue weighted by atomic mass is 79.9. The van der Waals surface area contributed by atoms with Gasteiger partial charge in [0.25, 0.3) is 6.43 Å². The van der Waals surface area contributed by atoms with E-state index < -0.39 is 12.1 Å². The number of ether oxygens (including phenoxy) is 1. The minimum absolute atomic E-state index is 0.0375. The van der Waals surface area contributed by atoms with Crippen LogP contribution in [0.15, 0.2) is 6.07 Å². The summed E-state index contributed by atoms with van der Waals surface area (Å²) in [5, 5.41) is 0.425. The van der Waals surface area contributed by atoms with E-state index in [0.717, 1.165) is 0 Å². The fourth-order valence-corrected chi connectivity index (χ4v) is 1.69. The summed E-state index contributed by atoms with van der Waals surface area (Å²) in [4.78, 5) is 3.52. The molecular formula is C8H7BrClF2NO. The Morgan fingerprint density at radius 1 is 1.64 bits per heavy atom. The quantitative estimate of drug-likeness (QED) is 0.626. The van der Waals surface area contributed by atoms with E-state index in [1.165, 1.54) is 13.2 Å². The van der Waals surface area contributed by atoms with Gasteiger partial charge >= 0.3 is 0 Å². The Balaban J connectivity index is 3.31. The summed E-state index contributed by atoms with van der Waals surface area (Å²) in [6, 6.07) is 1.49. The van der Waals surface area contributed by atoms with Crippen LogP contribution in [-0.4, -0.2) is 12.1 Å². The predicted molar refractivity (Wildman–Crippen MR) is 53.4 cm³/mol. The van der Waals surface area contributed by atoms with E-state index >= 15 is 0 Å². The number of nitrogens with zero attached hydrogens (tertiary/aromatic N) is 1. The van der Waals surface area contributed by atoms with E-state index in [1.807, 2.05) is 0 Å². The van der Waals surface area contributed by atoms with Gasteiger partial charge in [-0.1, -0.05) is 27.5 Å². The molecule has 0 fully saturated rings. The molecule has 6 heteroatoms. The number of halogens is 4. The zero-order valence-electron chi connectivity index (χ0n) is 7.23. The molecular weight excluding hydrogens is 279 g/mol. The predicted octanol–water partition coefficient (Wildman–Crippen LogP) is 3.58. The average Bonchev–Trinajstić information content (AvgIpc) is 2.16. The highest BCUT2D eigenvalue weighted by molar-refractivity contribution is 9.08. The molecule has 2 nitrogen and oxygen atoms in total. The topological polar surface area (TPSA) is 22.1 Å². The Bertz CT molecular complexity index is 335. The molecule has 1 aromatic rings. The van der Waals surface area contributed by atoms with Crippen molar-refractivity contribution in [2.75, 3.05) is 7.11 Å². The highest BCUT2D eigenvalue weighted by Crippen LogP contribution is 2.33. The first-order valence-corrected chi connectivity index (χ1v) is 5.17. The summed E-state index contributed by atoms with van der Waals surface area (Å²) in [7, 11) is 1.32. The van der Waals surface area contributed by atoms with Crippen molar-refractivity contribution in [1.29, 1.82) is 0 Å². The molecule has 1 rings (SSSR count). The monoisotopic (exact) mass is 285 g/mol. The molecule has 0 aromatic carbocycles. The highest BCUT2D eigenvalue weighted by Gasteiger charge is 2.19. The molecule has 0 spiro atoms. The minimum Gasteiger partial charge on any atom is -0.494 e. The van der Waals surface area contributed by atoms with Gasteiger partial charge in [0.2, 0.25) is 0 Å². The second kappa shape index (κ2) is 4.89. The van der Waals surface area contributed by atoms with E-state index in [-0.39, 0.29) is 10.9 Å². The molecule has 0 amide bonds. The molecule has 0 aliphatic heterocycles. The van der Waals surface area contributed by atoms with Crippen molar-refractivity contribution in [2.24, 2.45) is 0 Å². The molecule has 0 atom stereocenters. The summed E-state index contributed by atoms with van der Waals surface area (Å²) in [6.07, 6.45) is -2.69. The number of methoxy groups -OCH3 is 1. The molecule has 0 saturated carbocycles. The number of hydrogen-bond acceptors (Lipinski definition) is 2. The molecule has 0 aliphatic rings. The Morgan fingerprint density at radius 2 is 2.29 bits per heavy atom. The van der Waals surface area contributed by atoms with Crippen LogP contribution in [0.1, 0.15) is 17.7 Å². The van der Waals surface area contributed by atoms with Crippen LogP contribution in [0.5, 0.6) is 5.75 Å². The van der Waals surface area contributed by atoms with E-state index in [9.17, 15) is 8.78 Å². The molecule has 0 aliphatic carbocycles. The van der Waals surface area contributed by atoms with Crippen molar-refractivity contribution >= 4 is 27.5 Å². The third kappa shape index (κ3) is 2.33. The molecule has 1 aromatic heterocycles. The molecule has 14 heavy (non-hydrogen) atoms. The lowest BCUT2D eigenvalue weighted by Gasteiger charge is -2.11. The minimum atomic E-state index is -2.69. The van der Waals surface area contributed by atoms with Crippen LogP contribution >= 0.6 is 27.5 Å². The van der Waals surface area contributed by atoms with Gasteiger partial charge in [-0.15, -0.1) is 0 Å². The van der Waals surface area contributed by atoms with Crippen LogP contribution in [-0.2, 0) is 5.33 Å². The normalized spacial score (nSPS) is 10.7. The number of alkyl halides is 3. The third-order valence-electron chi connectivity index (χ3n) is 1.60. The zero-order valence-corrected chi connectivity index (χ0v) is 9.57. The van der Waals surface area contributed by atoms with Crippen molar-refractivity contribution in [3.05, 3.63) is 22.5 Å². The summed E-state index contributed by atoms with van der Waals surface area (Å²) >= 11 is 8.74. The van der Waals surface area contributed by atoms with Crippen LogP contribution in [0.25, 0.3) is 0 Å². The van der Waals surface area contributed by atoms with Gasteiger partial charge in [-0.3, -0.25) is 0 Å². The van der Waals surface area contributed by atoms with E-state index in [4.69, 9.17) is 16.3 Å². The van der Waals surface area contributed by atoms with Crippen molar-refractivity contribution in [3.63, 3.8) is 0 Å². The maximum Gasteiger partial charge on any atom is 0.284 e. The van der Waals surface area contributed by atoms with Gasteiger partial charge < -0.3 is 4.74 Å². The molecule has 0 unspecified atom stereocenters. The summed E-state index contributed by atoms with van der Waals surface area (Å²) in [5.74, 6) is 0.0845.